The maximum atomic E-state index is 9.97. The van der Waals surface area contributed by atoms with E-state index in [9.17, 15) is 5.11 Å². The lowest BCUT2D eigenvalue weighted by atomic mass is 9.26. The maximum absolute atomic E-state index is 9.97. The molecule has 2 aliphatic rings. The van der Waals surface area contributed by atoms with Crippen LogP contribution in [0, 0.1) is 11.8 Å². The van der Waals surface area contributed by atoms with Gasteiger partial charge in [-0.3, -0.25) is 0 Å². The van der Waals surface area contributed by atoms with Gasteiger partial charge >= 0.3 is 0 Å². The second-order valence-electron chi connectivity index (χ2n) is 6.75. The minimum absolute atomic E-state index is 0.143. The minimum atomic E-state index is 0.143. The van der Waals surface area contributed by atoms with Gasteiger partial charge < -0.3 is 5.11 Å². The first-order chi connectivity index (χ1) is 10.3. The van der Waals surface area contributed by atoms with E-state index in [4.69, 9.17) is 0 Å². The molecule has 0 amide bonds. The Labute approximate surface area is 126 Å². The highest BCUT2D eigenvalue weighted by Gasteiger charge is 2.75. The zero-order valence-corrected chi connectivity index (χ0v) is 12.5. The van der Waals surface area contributed by atoms with Crippen LogP contribution in [0.2, 0.25) is 0 Å². The van der Waals surface area contributed by atoms with Gasteiger partial charge in [-0.2, -0.15) is 0 Å². The van der Waals surface area contributed by atoms with Crippen LogP contribution in [0.4, 0.5) is 0 Å². The van der Waals surface area contributed by atoms with Crippen LogP contribution in [-0.4, -0.2) is 11.7 Å². The molecule has 0 aliphatic heterocycles. The lowest BCUT2D eigenvalue weighted by Crippen LogP contribution is -2.77. The number of hydrogen-bond acceptors (Lipinski definition) is 1. The standard InChI is InChI=1S/C20H22O/c1-15-18(14-21)20(17-10-6-3-7-11-17)13-12-19(15,20)16-8-4-2-5-9-16/h2-11,15,18,21H,12-14H2,1H3. The van der Waals surface area contributed by atoms with E-state index in [2.05, 4.69) is 67.6 Å². The summed E-state index contributed by atoms with van der Waals surface area (Å²) in [6.45, 7) is 2.62. The molecule has 0 saturated heterocycles. The molecule has 21 heavy (non-hydrogen) atoms. The lowest BCUT2D eigenvalue weighted by Gasteiger charge is -2.77. The predicted molar refractivity (Wildman–Crippen MR) is 85.2 cm³/mol. The average molecular weight is 278 g/mol. The van der Waals surface area contributed by atoms with Crippen molar-refractivity contribution in [2.75, 3.05) is 6.61 Å². The first kappa shape index (κ1) is 13.1. The number of aliphatic hydroxyl groups excluding tert-OH is 1. The van der Waals surface area contributed by atoms with Gasteiger partial charge in [-0.15, -0.1) is 0 Å². The van der Waals surface area contributed by atoms with Crippen LogP contribution >= 0.6 is 0 Å². The van der Waals surface area contributed by atoms with Crippen molar-refractivity contribution >= 4 is 0 Å². The van der Waals surface area contributed by atoms with Crippen molar-refractivity contribution in [1.29, 1.82) is 0 Å². The van der Waals surface area contributed by atoms with Gasteiger partial charge in [-0.25, -0.2) is 0 Å². The highest BCUT2D eigenvalue weighted by Crippen LogP contribution is 2.76. The summed E-state index contributed by atoms with van der Waals surface area (Å²) in [5.74, 6) is 0.924. The number of rotatable bonds is 3. The summed E-state index contributed by atoms with van der Waals surface area (Å²) in [6, 6.07) is 21.8. The van der Waals surface area contributed by atoms with E-state index >= 15 is 0 Å². The summed E-state index contributed by atoms with van der Waals surface area (Å²) in [7, 11) is 0. The Morgan fingerprint density at radius 2 is 1.33 bits per heavy atom. The van der Waals surface area contributed by atoms with Crippen LogP contribution in [0.3, 0.4) is 0 Å². The molecule has 0 radical (unpaired) electrons. The molecule has 2 fully saturated rings. The molecule has 2 aromatic rings. The van der Waals surface area contributed by atoms with Crippen LogP contribution in [0.25, 0.3) is 0 Å². The smallest absolute Gasteiger partial charge is 0.0471 e. The fourth-order valence-electron chi connectivity index (χ4n) is 5.55. The van der Waals surface area contributed by atoms with Crippen LogP contribution in [-0.2, 0) is 10.8 Å². The van der Waals surface area contributed by atoms with E-state index in [1.165, 1.54) is 24.0 Å². The van der Waals surface area contributed by atoms with Crippen LogP contribution < -0.4 is 0 Å². The third-order valence-electron chi connectivity index (χ3n) is 6.50. The Bertz CT molecular complexity index is 635. The predicted octanol–water partition coefficient (Wildman–Crippen LogP) is 3.91. The van der Waals surface area contributed by atoms with Crippen LogP contribution in [0.5, 0.6) is 0 Å². The monoisotopic (exact) mass is 278 g/mol. The van der Waals surface area contributed by atoms with E-state index in [1.807, 2.05) is 0 Å². The molecule has 4 unspecified atom stereocenters. The van der Waals surface area contributed by atoms with Gasteiger partial charge in [0.25, 0.3) is 0 Å². The van der Waals surface area contributed by atoms with E-state index in [-0.39, 0.29) is 10.8 Å². The third-order valence-corrected chi connectivity index (χ3v) is 6.50. The van der Waals surface area contributed by atoms with Gasteiger partial charge in [-0.05, 0) is 35.8 Å². The van der Waals surface area contributed by atoms with Crippen molar-refractivity contribution < 1.29 is 5.11 Å². The summed E-state index contributed by atoms with van der Waals surface area (Å²) < 4.78 is 0. The zero-order chi connectivity index (χ0) is 14.5. The Kier molecular flexibility index (Phi) is 2.77. The molecule has 4 atom stereocenters. The average Bonchev–Trinajstić information content (AvgIpc) is 2.53. The molecule has 1 heteroatoms. The molecule has 1 nitrogen and oxygen atoms in total. The third kappa shape index (κ3) is 1.36. The second kappa shape index (κ2) is 4.45. The summed E-state index contributed by atoms with van der Waals surface area (Å²) in [6.07, 6.45) is 2.44. The molecule has 2 saturated carbocycles. The van der Waals surface area contributed by atoms with E-state index < -0.39 is 0 Å². The van der Waals surface area contributed by atoms with Crippen molar-refractivity contribution in [3.05, 3.63) is 71.8 Å². The van der Waals surface area contributed by atoms with Crippen LogP contribution in [0.15, 0.2) is 60.7 Å². The van der Waals surface area contributed by atoms with Crippen molar-refractivity contribution in [2.24, 2.45) is 11.8 Å². The normalized spacial score (nSPS) is 37.2. The van der Waals surface area contributed by atoms with E-state index in [0.717, 1.165) is 0 Å². The molecule has 108 valence electrons. The molecule has 0 heterocycles. The van der Waals surface area contributed by atoms with Gasteiger partial charge in [0.15, 0.2) is 0 Å². The topological polar surface area (TPSA) is 20.2 Å². The Hall–Kier alpha value is -1.60. The van der Waals surface area contributed by atoms with Crippen LogP contribution in [0.1, 0.15) is 30.9 Å². The number of aliphatic hydroxyl groups is 1. The molecule has 1 N–H and O–H groups in total. The van der Waals surface area contributed by atoms with Gasteiger partial charge in [-0.1, -0.05) is 67.6 Å². The fourth-order valence-corrected chi connectivity index (χ4v) is 5.55. The van der Waals surface area contributed by atoms with Crippen molar-refractivity contribution in [3.8, 4) is 0 Å². The minimum Gasteiger partial charge on any atom is -0.396 e. The van der Waals surface area contributed by atoms with Crippen molar-refractivity contribution in [1.82, 2.24) is 0 Å². The fraction of sp³-hybridized carbons (Fsp3) is 0.400. The lowest BCUT2D eigenvalue weighted by molar-refractivity contribution is -0.178. The van der Waals surface area contributed by atoms with E-state index in [1.54, 1.807) is 0 Å². The summed E-state index contributed by atoms with van der Waals surface area (Å²) in [4.78, 5) is 0. The van der Waals surface area contributed by atoms with E-state index in [0.29, 0.717) is 18.4 Å². The summed E-state index contributed by atoms with van der Waals surface area (Å²) in [5.41, 5.74) is 3.24. The SMILES string of the molecule is CC1C(CO)C2(c3ccccc3)CCC12c1ccccc1. The van der Waals surface area contributed by atoms with Gasteiger partial charge in [0.1, 0.15) is 0 Å². The van der Waals surface area contributed by atoms with Gasteiger partial charge in [0.05, 0.1) is 0 Å². The molecule has 4 rings (SSSR count). The molecule has 0 aromatic heterocycles. The Balaban J connectivity index is 1.88. The second-order valence-corrected chi connectivity index (χ2v) is 6.75. The van der Waals surface area contributed by atoms with Crippen molar-refractivity contribution in [3.63, 3.8) is 0 Å². The Morgan fingerprint density at radius 1 is 0.857 bits per heavy atom. The number of fused-ring (bicyclic) bond motifs is 1. The maximum Gasteiger partial charge on any atom is 0.0471 e. The molecular weight excluding hydrogens is 256 g/mol. The molecule has 0 spiro atoms. The Morgan fingerprint density at radius 3 is 1.76 bits per heavy atom. The molecule has 2 aliphatic carbocycles. The summed E-state index contributed by atoms with van der Waals surface area (Å²) in [5, 5.41) is 9.97. The summed E-state index contributed by atoms with van der Waals surface area (Å²) >= 11 is 0. The molecular formula is C20H22O. The van der Waals surface area contributed by atoms with Crippen molar-refractivity contribution in [2.45, 2.75) is 30.6 Å². The first-order valence-corrected chi connectivity index (χ1v) is 7.99. The highest BCUT2D eigenvalue weighted by molar-refractivity contribution is 5.51. The number of hydrogen-bond donors (Lipinski definition) is 1. The van der Waals surface area contributed by atoms with Gasteiger partial charge in [0, 0.05) is 17.4 Å². The van der Waals surface area contributed by atoms with Gasteiger partial charge in [0.2, 0.25) is 0 Å². The highest BCUT2D eigenvalue weighted by atomic mass is 16.3. The quantitative estimate of drug-likeness (QED) is 0.902. The number of benzene rings is 2. The zero-order valence-electron chi connectivity index (χ0n) is 12.5. The first-order valence-electron chi connectivity index (χ1n) is 7.99. The molecule has 2 aromatic carbocycles. The largest absolute Gasteiger partial charge is 0.396 e. The molecule has 0 bridgehead atoms.